The molecule has 3 N–H and O–H groups in total. The molecular weight excluding hydrogens is 568 g/mol. The number of rotatable bonds is 3. The van der Waals surface area contributed by atoms with E-state index in [0.717, 1.165) is 44.7 Å². The van der Waals surface area contributed by atoms with Gasteiger partial charge in [-0.3, -0.25) is 14.9 Å². The van der Waals surface area contributed by atoms with Gasteiger partial charge in [0.1, 0.15) is 11.9 Å². The Morgan fingerprint density at radius 1 is 0.978 bits per heavy atom. The lowest BCUT2D eigenvalue weighted by molar-refractivity contribution is -0.131. The summed E-state index contributed by atoms with van der Waals surface area (Å²) in [5, 5.41) is 7.63. The fourth-order valence-corrected chi connectivity index (χ4v) is 5.96. The third kappa shape index (κ3) is 5.91. The summed E-state index contributed by atoms with van der Waals surface area (Å²) in [5.41, 5.74) is 6.42. The molecule has 2 amide bonds. The molecule has 2 atom stereocenters. The molecule has 0 fully saturated rings. The van der Waals surface area contributed by atoms with Gasteiger partial charge >= 0.3 is 6.09 Å². The third-order valence-electron chi connectivity index (χ3n) is 8.59. The van der Waals surface area contributed by atoms with Crippen molar-refractivity contribution in [3.63, 3.8) is 0 Å². The van der Waals surface area contributed by atoms with Crippen LogP contribution in [0.2, 0.25) is 0 Å². The Hall–Kier alpha value is -5.38. The summed E-state index contributed by atoms with van der Waals surface area (Å²) in [4.78, 5) is 48.6. The van der Waals surface area contributed by atoms with Crippen molar-refractivity contribution in [2.24, 2.45) is 7.05 Å². The highest BCUT2D eigenvalue weighted by molar-refractivity contribution is 5.89. The number of aromatic amines is 1. The largest absolute Gasteiger partial charge is 0.449 e. The van der Waals surface area contributed by atoms with E-state index < -0.39 is 12.1 Å². The Kier molecular flexibility index (Phi) is 7.88. The van der Waals surface area contributed by atoms with E-state index in [0.29, 0.717) is 16.8 Å². The number of nitrogens with one attached hydrogen (secondary N) is 3. The van der Waals surface area contributed by atoms with Crippen molar-refractivity contribution in [2.45, 2.75) is 39.3 Å². The predicted molar refractivity (Wildman–Crippen MR) is 175 cm³/mol. The lowest BCUT2D eigenvalue weighted by Crippen LogP contribution is -2.35. The van der Waals surface area contributed by atoms with Crippen molar-refractivity contribution in [3.8, 4) is 11.3 Å². The molecular formula is C35H36N6O4. The fourth-order valence-electron chi connectivity index (χ4n) is 5.96. The number of anilines is 2. The molecule has 2 aliphatic heterocycles. The molecule has 2 aliphatic rings. The molecule has 3 aromatic carbocycles. The number of pyridine rings is 1. The van der Waals surface area contributed by atoms with Crippen molar-refractivity contribution in [2.75, 3.05) is 24.3 Å². The molecule has 0 spiro atoms. The average Bonchev–Trinajstić information content (AvgIpc) is 3.35. The molecule has 4 heterocycles. The van der Waals surface area contributed by atoms with E-state index in [4.69, 9.17) is 4.74 Å². The number of likely N-dealkylation sites (N-methyl/N-ethyl adjacent to an activating group) is 1. The summed E-state index contributed by atoms with van der Waals surface area (Å²) in [5.74, 6) is 0.627. The van der Waals surface area contributed by atoms with E-state index in [-0.39, 0.29) is 30.5 Å². The van der Waals surface area contributed by atoms with Crippen LogP contribution in [0.1, 0.15) is 47.0 Å². The Morgan fingerprint density at radius 2 is 1.80 bits per heavy atom. The van der Waals surface area contributed by atoms with Crippen molar-refractivity contribution >= 4 is 34.1 Å². The number of aromatic nitrogens is 3. The minimum atomic E-state index is -0.743. The van der Waals surface area contributed by atoms with Gasteiger partial charge in [-0.15, -0.1) is 0 Å². The maximum Gasteiger partial charge on any atom is 0.411 e. The monoisotopic (exact) mass is 604 g/mol. The van der Waals surface area contributed by atoms with E-state index in [1.54, 1.807) is 30.4 Å². The minimum absolute atomic E-state index is 0.0688. The molecule has 0 unspecified atom stereocenters. The number of hydrogen-bond acceptors (Lipinski definition) is 6. The first-order valence-electron chi connectivity index (χ1n) is 14.9. The number of fused-ring (bicyclic) bond motifs is 10. The zero-order valence-corrected chi connectivity index (χ0v) is 26.0. The summed E-state index contributed by atoms with van der Waals surface area (Å²) < 4.78 is 7.60. The van der Waals surface area contributed by atoms with Crippen LogP contribution in [-0.4, -0.2) is 45.1 Å². The normalized spacial score (nSPS) is 17.3. The molecule has 4 bridgehead atoms. The number of hydrogen-bond donors (Lipinski definition) is 3. The number of benzene rings is 3. The maximum atomic E-state index is 14.4. The van der Waals surface area contributed by atoms with Gasteiger partial charge < -0.3 is 24.5 Å². The number of carbonyl (C=O) groups excluding carboxylic acids is 2. The van der Waals surface area contributed by atoms with E-state index in [2.05, 4.69) is 20.6 Å². The molecule has 0 saturated carbocycles. The van der Waals surface area contributed by atoms with Crippen LogP contribution < -0.4 is 16.2 Å². The van der Waals surface area contributed by atoms with Crippen LogP contribution >= 0.6 is 0 Å². The van der Waals surface area contributed by atoms with Crippen LogP contribution in [0.4, 0.5) is 16.2 Å². The van der Waals surface area contributed by atoms with Gasteiger partial charge in [-0.1, -0.05) is 37.3 Å². The molecule has 45 heavy (non-hydrogen) atoms. The number of aryl methyl sites for hydroxylation is 2. The second kappa shape index (κ2) is 12.0. The molecule has 10 nitrogen and oxygen atoms in total. The standard InChI is InChI=1S/C35H36N6O4/c1-20-14-24-7-10-28(20)21(2)19-45-35(44)39-26-9-11-29(31-17-37-22(3)41(31)5)25(15-26)18-40(4)34(43)32(24)38-27-8-6-23-12-13-36-33(42)30(23)16-27/h6-17,21,32,38H,18-19H2,1-5H3,(H,36,42)(H,39,44)/t21-,32+/m0/s1. The van der Waals surface area contributed by atoms with Crippen molar-refractivity contribution in [1.82, 2.24) is 19.4 Å². The second-order valence-electron chi connectivity index (χ2n) is 11.7. The van der Waals surface area contributed by atoms with Crippen LogP contribution in [0.3, 0.4) is 0 Å². The predicted octanol–water partition coefficient (Wildman–Crippen LogP) is 6.02. The SMILES string of the molecule is Cc1cc2ccc1[C@@H](C)COC(=O)Nc1ccc(-c3cnc(C)n3C)c(c1)CN(C)C(=O)[C@@H]2Nc1ccc2cc[nH]c(=O)c2c1. The topological polar surface area (TPSA) is 121 Å². The first kappa shape index (κ1) is 29.7. The highest BCUT2D eigenvalue weighted by Gasteiger charge is 2.27. The van der Waals surface area contributed by atoms with Crippen LogP contribution in [-0.2, 0) is 23.1 Å². The van der Waals surface area contributed by atoms with Gasteiger partial charge in [-0.05, 0) is 71.8 Å². The molecule has 230 valence electrons. The molecule has 10 heteroatoms. The van der Waals surface area contributed by atoms with Gasteiger partial charge in [-0.2, -0.15) is 0 Å². The van der Waals surface area contributed by atoms with Gasteiger partial charge in [0.15, 0.2) is 0 Å². The summed E-state index contributed by atoms with van der Waals surface area (Å²) in [6, 6.07) is 18.2. The lowest BCUT2D eigenvalue weighted by Gasteiger charge is -2.28. The van der Waals surface area contributed by atoms with Crippen molar-refractivity contribution in [3.05, 3.63) is 111 Å². The maximum absolute atomic E-state index is 14.4. The van der Waals surface area contributed by atoms with Gasteiger partial charge in [0.2, 0.25) is 5.91 Å². The number of amides is 2. The van der Waals surface area contributed by atoms with Gasteiger partial charge in [-0.25, -0.2) is 9.78 Å². The summed E-state index contributed by atoms with van der Waals surface area (Å²) in [6.45, 7) is 6.38. The first-order chi connectivity index (χ1) is 21.6. The molecule has 0 radical (unpaired) electrons. The van der Waals surface area contributed by atoms with Gasteiger partial charge in [0.05, 0.1) is 18.5 Å². The van der Waals surface area contributed by atoms with Crippen molar-refractivity contribution in [1.29, 1.82) is 0 Å². The number of imidazole rings is 1. The number of carbonyl (C=O) groups is 2. The summed E-state index contributed by atoms with van der Waals surface area (Å²) in [6.07, 6.45) is 2.89. The molecule has 7 rings (SSSR count). The smallest absolute Gasteiger partial charge is 0.411 e. The van der Waals surface area contributed by atoms with Gasteiger partial charge in [0, 0.05) is 55.1 Å². The highest BCUT2D eigenvalue weighted by Crippen LogP contribution is 2.32. The molecule has 0 saturated heterocycles. The van der Waals surface area contributed by atoms with Gasteiger partial charge in [0.25, 0.3) is 5.56 Å². The van der Waals surface area contributed by atoms with Crippen LogP contribution in [0, 0.1) is 13.8 Å². The lowest BCUT2D eigenvalue weighted by atomic mass is 9.92. The molecule has 0 aliphatic carbocycles. The van der Waals surface area contributed by atoms with E-state index >= 15 is 0 Å². The molecule has 2 aromatic heterocycles. The second-order valence-corrected chi connectivity index (χ2v) is 11.7. The fraction of sp³-hybridized carbons (Fsp3) is 0.257. The van der Waals surface area contributed by atoms with Crippen LogP contribution in [0.25, 0.3) is 22.0 Å². The Balaban J connectivity index is 1.44. The number of H-pyrrole nitrogens is 1. The zero-order valence-electron chi connectivity index (χ0n) is 26.0. The van der Waals surface area contributed by atoms with Crippen LogP contribution in [0.5, 0.6) is 0 Å². The van der Waals surface area contributed by atoms with E-state index in [1.807, 2.05) is 87.0 Å². The summed E-state index contributed by atoms with van der Waals surface area (Å²) >= 11 is 0. The average molecular weight is 605 g/mol. The summed E-state index contributed by atoms with van der Waals surface area (Å²) in [7, 11) is 3.71. The van der Waals surface area contributed by atoms with E-state index in [1.165, 1.54) is 0 Å². The third-order valence-corrected chi connectivity index (χ3v) is 8.59. The zero-order chi connectivity index (χ0) is 31.8. The van der Waals surface area contributed by atoms with Crippen molar-refractivity contribution < 1.29 is 14.3 Å². The number of nitrogens with zero attached hydrogens (tertiary/aromatic N) is 3. The minimum Gasteiger partial charge on any atom is -0.449 e. The quantitative estimate of drug-likeness (QED) is 0.232. The Bertz CT molecular complexity index is 1990. The highest BCUT2D eigenvalue weighted by atomic mass is 16.5. The first-order valence-corrected chi connectivity index (χ1v) is 14.9. The number of ether oxygens (including phenoxy) is 1. The van der Waals surface area contributed by atoms with Crippen LogP contribution in [0.15, 0.2) is 77.9 Å². The van der Waals surface area contributed by atoms with E-state index in [9.17, 15) is 14.4 Å². The molecule has 5 aromatic rings. The Morgan fingerprint density at radius 3 is 2.56 bits per heavy atom. The Labute approximate surface area is 261 Å².